The van der Waals surface area contributed by atoms with Crippen LogP contribution in [0.2, 0.25) is 0 Å². The van der Waals surface area contributed by atoms with Crippen molar-refractivity contribution >= 4 is 11.9 Å². The fourth-order valence-electron chi connectivity index (χ4n) is 3.72. The molecular weight excluding hydrogens is 254 g/mol. The number of aromatic nitrogens is 1. The first kappa shape index (κ1) is 13.2. The van der Waals surface area contributed by atoms with Crippen LogP contribution in [0.4, 0.5) is 10.6 Å². The SMILES string of the molecule is CC(C)(C)C12C[C@@H](CN1c1ccccn1)N(C(=O)O)C2. The Labute approximate surface area is 119 Å². The molecule has 0 aliphatic carbocycles. The van der Waals surface area contributed by atoms with E-state index in [2.05, 4.69) is 30.7 Å². The van der Waals surface area contributed by atoms with Gasteiger partial charge in [0.2, 0.25) is 0 Å². The number of anilines is 1. The van der Waals surface area contributed by atoms with Gasteiger partial charge in [-0.1, -0.05) is 26.8 Å². The maximum atomic E-state index is 11.4. The van der Waals surface area contributed by atoms with Gasteiger partial charge in [-0.3, -0.25) is 0 Å². The molecule has 0 saturated carbocycles. The summed E-state index contributed by atoms with van der Waals surface area (Å²) in [6.45, 7) is 7.87. The largest absolute Gasteiger partial charge is 0.465 e. The number of rotatable bonds is 1. The van der Waals surface area contributed by atoms with Crippen molar-refractivity contribution < 1.29 is 9.90 Å². The monoisotopic (exact) mass is 275 g/mol. The predicted molar refractivity (Wildman–Crippen MR) is 76.9 cm³/mol. The van der Waals surface area contributed by atoms with Crippen molar-refractivity contribution in [2.75, 3.05) is 18.0 Å². The molecule has 108 valence electrons. The van der Waals surface area contributed by atoms with E-state index >= 15 is 0 Å². The van der Waals surface area contributed by atoms with E-state index < -0.39 is 6.09 Å². The number of carbonyl (C=O) groups is 1. The second-order valence-electron chi connectivity index (χ2n) is 6.85. The number of fused-ring (bicyclic) bond motifs is 2. The van der Waals surface area contributed by atoms with Gasteiger partial charge in [-0.2, -0.15) is 0 Å². The summed E-state index contributed by atoms with van der Waals surface area (Å²) in [5.41, 5.74) is -0.173. The third-order valence-corrected chi connectivity index (χ3v) is 4.92. The third kappa shape index (κ3) is 1.69. The number of nitrogens with zero attached hydrogens (tertiary/aromatic N) is 3. The molecule has 1 amide bonds. The smallest absolute Gasteiger partial charge is 0.407 e. The molecule has 2 aliphatic rings. The lowest BCUT2D eigenvalue weighted by Gasteiger charge is -2.49. The van der Waals surface area contributed by atoms with E-state index in [0.29, 0.717) is 6.54 Å². The van der Waals surface area contributed by atoms with Gasteiger partial charge in [-0.25, -0.2) is 9.78 Å². The molecule has 1 N–H and O–H groups in total. The molecule has 0 spiro atoms. The van der Waals surface area contributed by atoms with Crippen LogP contribution in [0.5, 0.6) is 0 Å². The Morgan fingerprint density at radius 2 is 2.20 bits per heavy atom. The van der Waals surface area contributed by atoms with Gasteiger partial charge in [0.05, 0.1) is 11.6 Å². The summed E-state index contributed by atoms with van der Waals surface area (Å²) in [6.07, 6.45) is 1.88. The van der Waals surface area contributed by atoms with Gasteiger partial charge >= 0.3 is 6.09 Å². The number of hydrogen-bond acceptors (Lipinski definition) is 3. The van der Waals surface area contributed by atoms with Crippen molar-refractivity contribution in [3.63, 3.8) is 0 Å². The van der Waals surface area contributed by atoms with E-state index in [1.165, 1.54) is 0 Å². The van der Waals surface area contributed by atoms with Crippen molar-refractivity contribution in [2.45, 2.75) is 38.8 Å². The quantitative estimate of drug-likeness (QED) is 0.855. The van der Waals surface area contributed by atoms with Crippen LogP contribution >= 0.6 is 0 Å². The van der Waals surface area contributed by atoms with Crippen LogP contribution in [0.15, 0.2) is 24.4 Å². The van der Waals surface area contributed by atoms with E-state index in [-0.39, 0.29) is 17.0 Å². The van der Waals surface area contributed by atoms with Gasteiger partial charge in [0.25, 0.3) is 0 Å². The number of pyridine rings is 1. The van der Waals surface area contributed by atoms with Gasteiger partial charge < -0.3 is 14.9 Å². The Morgan fingerprint density at radius 1 is 1.45 bits per heavy atom. The Balaban J connectivity index is 2.01. The first-order chi connectivity index (χ1) is 9.35. The van der Waals surface area contributed by atoms with E-state index in [0.717, 1.165) is 18.8 Å². The lowest BCUT2D eigenvalue weighted by Crippen LogP contribution is -2.61. The standard InChI is InChI=1S/C15H21N3O2/c1-14(2,3)15-8-11(17(10-15)13(19)20)9-18(15)12-6-4-5-7-16-12/h4-7,11H,8-10H2,1-3H3,(H,19,20)/t11-,15?/m0/s1. The van der Waals surface area contributed by atoms with Crippen LogP contribution in [0.3, 0.4) is 0 Å². The van der Waals surface area contributed by atoms with Gasteiger partial charge in [0.15, 0.2) is 0 Å². The second kappa shape index (κ2) is 4.11. The van der Waals surface area contributed by atoms with Crippen molar-refractivity contribution in [2.24, 2.45) is 5.41 Å². The molecule has 2 atom stereocenters. The van der Waals surface area contributed by atoms with Crippen LogP contribution < -0.4 is 4.90 Å². The number of amides is 1. The highest BCUT2D eigenvalue weighted by Crippen LogP contribution is 2.51. The molecule has 2 fully saturated rings. The minimum Gasteiger partial charge on any atom is -0.465 e. The fourth-order valence-corrected chi connectivity index (χ4v) is 3.72. The Morgan fingerprint density at radius 3 is 2.75 bits per heavy atom. The zero-order valence-corrected chi connectivity index (χ0v) is 12.2. The molecule has 0 aromatic carbocycles. The van der Waals surface area contributed by atoms with Crippen LogP contribution in [-0.4, -0.2) is 45.8 Å². The maximum Gasteiger partial charge on any atom is 0.407 e. The second-order valence-corrected chi connectivity index (χ2v) is 6.85. The number of likely N-dealkylation sites (tertiary alicyclic amines) is 1. The molecule has 5 heteroatoms. The first-order valence-electron chi connectivity index (χ1n) is 7.03. The third-order valence-electron chi connectivity index (χ3n) is 4.92. The zero-order valence-electron chi connectivity index (χ0n) is 12.2. The molecular formula is C15H21N3O2. The molecule has 2 bridgehead atoms. The average molecular weight is 275 g/mol. The Bertz CT molecular complexity index is 526. The van der Waals surface area contributed by atoms with Gasteiger partial charge in [0.1, 0.15) is 5.82 Å². The van der Waals surface area contributed by atoms with E-state index in [4.69, 9.17) is 0 Å². The number of piperazine rings is 1. The summed E-state index contributed by atoms with van der Waals surface area (Å²) in [5, 5.41) is 9.36. The zero-order chi connectivity index (χ0) is 14.5. The van der Waals surface area contributed by atoms with Crippen LogP contribution in [0.25, 0.3) is 0 Å². The predicted octanol–water partition coefficient (Wildman–Crippen LogP) is 2.44. The van der Waals surface area contributed by atoms with E-state index in [1.54, 1.807) is 11.1 Å². The Kier molecular flexibility index (Phi) is 2.71. The number of carboxylic acid groups (broad SMARTS) is 1. The highest BCUT2D eigenvalue weighted by atomic mass is 16.4. The van der Waals surface area contributed by atoms with Gasteiger partial charge in [0, 0.05) is 19.3 Å². The highest BCUT2D eigenvalue weighted by Gasteiger charge is 2.61. The summed E-state index contributed by atoms with van der Waals surface area (Å²) >= 11 is 0. The normalized spacial score (nSPS) is 29.1. The van der Waals surface area contributed by atoms with Crippen molar-refractivity contribution in [1.82, 2.24) is 9.88 Å². The van der Waals surface area contributed by atoms with Gasteiger partial charge in [-0.15, -0.1) is 0 Å². The lowest BCUT2D eigenvalue weighted by molar-refractivity contribution is 0.116. The summed E-state index contributed by atoms with van der Waals surface area (Å²) in [5.74, 6) is 0.954. The molecule has 3 rings (SSSR count). The van der Waals surface area contributed by atoms with Crippen LogP contribution in [0, 0.1) is 5.41 Å². The molecule has 2 saturated heterocycles. The van der Waals surface area contributed by atoms with Crippen LogP contribution in [0.1, 0.15) is 27.2 Å². The van der Waals surface area contributed by atoms with Crippen molar-refractivity contribution in [3.05, 3.63) is 24.4 Å². The van der Waals surface area contributed by atoms with Crippen molar-refractivity contribution in [1.29, 1.82) is 0 Å². The Hall–Kier alpha value is -1.78. The summed E-state index contributed by atoms with van der Waals surface area (Å²) in [6, 6.07) is 5.98. The number of hydrogen-bond donors (Lipinski definition) is 1. The van der Waals surface area contributed by atoms with E-state index in [9.17, 15) is 9.90 Å². The first-order valence-corrected chi connectivity index (χ1v) is 7.03. The molecule has 3 heterocycles. The minimum absolute atomic E-state index is 0.0104. The maximum absolute atomic E-state index is 11.4. The molecule has 0 radical (unpaired) electrons. The summed E-state index contributed by atoms with van der Waals surface area (Å²) < 4.78 is 0. The lowest BCUT2D eigenvalue weighted by atomic mass is 9.72. The van der Waals surface area contributed by atoms with E-state index in [1.807, 2.05) is 18.2 Å². The molecule has 2 aliphatic heterocycles. The molecule has 20 heavy (non-hydrogen) atoms. The van der Waals surface area contributed by atoms with Crippen molar-refractivity contribution in [3.8, 4) is 0 Å². The fraction of sp³-hybridized carbons (Fsp3) is 0.600. The molecule has 1 unspecified atom stereocenters. The summed E-state index contributed by atoms with van der Waals surface area (Å²) in [7, 11) is 0. The van der Waals surface area contributed by atoms with Gasteiger partial charge in [-0.05, 0) is 24.0 Å². The molecule has 1 aromatic heterocycles. The average Bonchev–Trinajstić information content (AvgIpc) is 2.95. The highest BCUT2D eigenvalue weighted by molar-refractivity contribution is 5.68. The minimum atomic E-state index is -0.804. The molecule has 1 aromatic rings. The summed E-state index contributed by atoms with van der Waals surface area (Å²) in [4.78, 5) is 19.8. The topological polar surface area (TPSA) is 56.7 Å². The van der Waals surface area contributed by atoms with Crippen LogP contribution in [-0.2, 0) is 0 Å². The molecule has 5 nitrogen and oxygen atoms in total.